The average molecular weight is 259 g/mol. The van der Waals surface area contributed by atoms with E-state index in [0.29, 0.717) is 11.8 Å². The highest BCUT2D eigenvalue weighted by Gasteiger charge is 2.23. The van der Waals surface area contributed by atoms with Crippen molar-refractivity contribution in [1.29, 1.82) is 0 Å². The molecule has 102 valence electrons. The van der Waals surface area contributed by atoms with Crippen molar-refractivity contribution >= 4 is 11.0 Å². The third kappa shape index (κ3) is 2.45. The maximum absolute atomic E-state index is 5.74. The van der Waals surface area contributed by atoms with Gasteiger partial charge in [0, 0.05) is 12.0 Å². The van der Waals surface area contributed by atoms with Gasteiger partial charge in [-0.25, -0.2) is 4.98 Å². The van der Waals surface area contributed by atoms with Crippen LogP contribution < -0.4 is 10.5 Å². The van der Waals surface area contributed by atoms with Gasteiger partial charge in [0.25, 0.3) is 0 Å². The fourth-order valence-corrected chi connectivity index (χ4v) is 3.00. The Bertz CT molecular complexity index is 556. The number of aromatic amines is 1. The highest BCUT2D eigenvalue weighted by atomic mass is 16.5. The first-order valence-electron chi connectivity index (χ1n) is 7.04. The van der Waals surface area contributed by atoms with E-state index < -0.39 is 0 Å². The lowest BCUT2D eigenvalue weighted by atomic mass is 9.82. The lowest BCUT2D eigenvalue weighted by molar-refractivity contribution is 0.326. The molecule has 3 N–H and O–H groups in total. The number of fused-ring (bicyclic) bond motifs is 1. The van der Waals surface area contributed by atoms with Crippen LogP contribution in [0.4, 0.5) is 0 Å². The van der Waals surface area contributed by atoms with Crippen LogP contribution >= 0.6 is 0 Å². The summed E-state index contributed by atoms with van der Waals surface area (Å²) in [5.74, 6) is 3.26. The Morgan fingerprint density at radius 3 is 2.79 bits per heavy atom. The summed E-state index contributed by atoms with van der Waals surface area (Å²) in [6, 6.07) is 5.98. The molecule has 0 saturated heterocycles. The predicted octanol–water partition coefficient (Wildman–Crippen LogP) is 2.80. The first kappa shape index (κ1) is 12.5. The van der Waals surface area contributed by atoms with Gasteiger partial charge in [-0.05, 0) is 50.3 Å². The molecular weight excluding hydrogens is 238 g/mol. The number of nitrogens with two attached hydrogens (primary N) is 1. The molecule has 1 aliphatic rings. The van der Waals surface area contributed by atoms with Crippen LogP contribution in [0.2, 0.25) is 0 Å². The number of nitrogens with zero attached hydrogens (tertiary/aromatic N) is 1. The van der Waals surface area contributed by atoms with Gasteiger partial charge in [0.2, 0.25) is 0 Å². The van der Waals surface area contributed by atoms with Crippen molar-refractivity contribution in [3.05, 3.63) is 24.0 Å². The number of nitrogens with one attached hydrogen (secondary N) is 1. The minimum atomic E-state index is 0.557. The minimum absolute atomic E-state index is 0.557. The van der Waals surface area contributed by atoms with Crippen LogP contribution in [0.1, 0.15) is 37.4 Å². The van der Waals surface area contributed by atoms with Gasteiger partial charge >= 0.3 is 0 Å². The first-order valence-corrected chi connectivity index (χ1v) is 7.04. The third-order valence-corrected chi connectivity index (χ3v) is 4.27. The van der Waals surface area contributed by atoms with E-state index in [1.54, 1.807) is 7.11 Å². The summed E-state index contributed by atoms with van der Waals surface area (Å²) in [4.78, 5) is 8.17. The van der Waals surface area contributed by atoms with Gasteiger partial charge in [0.15, 0.2) is 0 Å². The molecule has 0 unspecified atom stereocenters. The lowest BCUT2D eigenvalue weighted by Gasteiger charge is -2.26. The van der Waals surface area contributed by atoms with Crippen molar-refractivity contribution in [1.82, 2.24) is 9.97 Å². The van der Waals surface area contributed by atoms with Gasteiger partial charge < -0.3 is 15.5 Å². The summed E-state index contributed by atoms with van der Waals surface area (Å²) in [6.45, 7) is 0.823. The molecule has 0 amide bonds. The van der Waals surface area contributed by atoms with E-state index in [4.69, 9.17) is 15.5 Å². The lowest BCUT2D eigenvalue weighted by Crippen LogP contribution is -2.21. The van der Waals surface area contributed by atoms with Crippen LogP contribution in [0.5, 0.6) is 5.75 Å². The van der Waals surface area contributed by atoms with Gasteiger partial charge in [-0.2, -0.15) is 0 Å². The van der Waals surface area contributed by atoms with E-state index in [2.05, 4.69) is 4.98 Å². The van der Waals surface area contributed by atoms with Gasteiger partial charge in [-0.1, -0.05) is 0 Å². The Balaban J connectivity index is 1.81. The second kappa shape index (κ2) is 5.21. The molecule has 3 rings (SSSR count). The number of hydrogen-bond donors (Lipinski definition) is 2. The summed E-state index contributed by atoms with van der Waals surface area (Å²) in [6.07, 6.45) is 4.83. The molecule has 1 aromatic carbocycles. The Morgan fingerprint density at radius 1 is 1.32 bits per heavy atom. The number of methoxy groups -OCH3 is 1. The van der Waals surface area contributed by atoms with Crippen LogP contribution in [0.3, 0.4) is 0 Å². The van der Waals surface area contributed by atoms with Crippen LogP contribution in [0.25, 0.3) is 11.0 Å². The smallest absolute Gasteiger partial charge is 0.121 e. The molecular formula is C15H21N3O. The van der Waals surface area contributed by atoms with Crippen molar-refractivity contribution in [2.45, 2.75) is 31.6 Å². The number of imidazole rings is 1. The molecule has 0 aliphatic heterocycles. The predicted molar refractivity (Wildman–Crippen MR) is 76.4 cm³/mol. The second-order valence-electron chi connectivity index (χ2n) is 5.46. The molecule has 4 heteroatoms. The van der Waals surface area contributed by atoms with Gasteiger partial charge in [0.05, 0.1) is 18.1 Å². The Morgan fingerprint density at radius 2 is 2.11 bits per heavy atom. The van der Waals surface area contributed by atoms with E-state index in [-0.39, 0.29) is 0 Å². The zero-order chi connectivity index (χ0) is 13.2. The van der Waals surface area contributed by atoms with Crippen LogP contribution in [-0.4, -0.2) is 23.6 Å². The van der Waals surface area contributed by atoms with Crippen molar-refractivity contribution in [2.24, 2.45) is 11.7 Å². The molecule has 0 atom stereocenters. The number of hydrogen-bond acceptors (Lipinski definition) is 3. The molecule has 0 spiro atoms. The molecule has 1 aromatic heterocycles. The quantitative estimate of drug-likeness (QED) is 0.891. The van der Waals surface area contributed by atoms with Crippen molar-refractivity contribution in [3.8, 4) is 5.75 Å². The summed E-state index contributed by atoms with van der Waals surface area (Å²) < 4.78 is 5.24. The van der Waals surface area contributed by atoms with Crippen LogP contribution in [0, 0.1) is 5.92 Å². The van der Waals surface area contributed by atoms with Crippen molar-refractivity contribution in [3.63, 3.8) is 0 Å². The van der Waals surface area contributed by atoms with E-state index in [0.717, 1.165) is 29.2 Å². The fraction of sp³-hybridized carbons (Fsp3) is 0.533. The standard InChI is InChI=1S/C15H21N3O/c1-19-12-6-7-13-14(8-12)18-15(17-13)11-4-2-10(9-16)3-5-11/h6-8,10-11H,2-5,9,16H2,1H3,(H,17,18). The molecule has 4 nitrogen and oxygen atoms in total. The Hall–Kier alpha value is -1.55. The summed E-state index contributed by atoms with van der Waals surface area (Å²) in [7, 11) is 1.69. The zero-order valence-electron chi connectivity index (χ0n) is 11.4. The third-order valence-electron chi connectivity index (χ3n) is 4.27. The highest BCUT2D eigenvalue weighted by molar-refractivity contribution is 5.76. The van der Waals surface area contributed by atoms with E-state index in [9.17, 15) is 0 Å². The normalized spacial score (nSPS) is 23.7. The monoisotopic (exact) mass is 259 g/mol. The topological polar surface area (TPSA) is 63.9 Å². The Labute approximate surface area is 113 Å². The molecule has 0 bridgehead atoms. The molecule has 1 aliphatic carbocycles. The van der Waals surface area contributed by atoms with E-state index in [1.165, 1.54) is 25.7 Å². The highest BCUT2D eigenvalue weighted by Crippen LogP contribution is 2.35. The van der Waals surface area contributed by atoms with Crippen molar-refractivity contribution in [2.75, 3.05) is 13.7 Å². The zero-order valence-corrected chi connectivity index (χ0v) is 11.4. The summed E-state index contributed by atoms with van der Waals surface area (Å²) in [5.41, 5.74) is 7.83. The average Bonchev–Trinajstić information content (AvgIpc) is 2.90. The molecule has 1 saturated carbocycles. The molecule has 1 heterocycles. The summed E-state index contributed by atoms with van der Waals surface area (Å²) >= 11 is 0. The molecule has 0 radical (unpaired) electrons. The maximum Gasteiger partial charge on any atom is 0.121 e. The van der Waals surface area contributed by atoms with Crippen LogP contribution in [0.15, 0.2) is 18.2 Å². The van der Waals surface area contributed by atoms with Gasteiger partial charge in [0.1, 0.15) is 11.6 Å². The maximum atomic E-state index is 5.74. The van der Waals surface area contributed by atoms with Gasteiger partial charge in [-0.15, -0.1) is 0 Å². The fourth-order valence-electron chi connectivity index (χ4n) is 3.00. The van der Waals surface area contributed by atoms with Gasteiger partial charge in [-0.3, -0.25) is 0 Å². The molecule has 19 heavy (non-hydrogen) atoms. The van der Waals surface area contributed by atoms with Crippen molar-refractivity contribution < 1.29 is 4.74 Å². The number of aromatic nitrogens is 2. The summed E-state index contributed by atoms with van der Waals surface area (Å²) in [5, 5.41) is 0. The first-order chi connectivity index (χ1) is 9.30. The largest absolute Gasteiger partial charge is 0.497 e. The SMILES string of the molecule is COc1ccc2nc(C3CCC(CN)CC3)[nH]c2c1. The van der Waals surface area contributed by atoms with E-state index >= 15 is 0 Å². The molecule has 1 fully saturated rings. The number of rotatable bonds is 3. The number of ether oxygens (including phenoxy) is 1. The number of H-pyrrole nitrogens is 1. The second-order valence-corrected chi connectivity index (χ2v) is 5.46. The minimum Gasteiger partial charge on any atom is -0.497 e. The number of benzene rings is 1. The Kier molecular flexibility index (Phi) is 3.42. The molecule has 2 aromatic rings. The van der Waals surface area contributed by atoms with Crippen LogP contribution in [-0.2, 0) is 0 Å². The van der Waals surface area contributed by atoms with E-state index in [1.807, 2.05) is 18.2 Å².